The molecule has 1 atom stereocenters. The van der Waals surface area contributed by atoms with Gasteiger partial charge < -0.3 is 5.11 Å². The smallest absolute Gasteiger partial charge is 0.0468 e. The number of rotatable bonds is 2. The quantitative estimate of drug-likeness (QED) is 0.650. The summed E-state index contributed by atoms with van der Waals surface area (Å²) >= 11 is 0. The molecule has 1 aliphatic carbocycles. The van der Waals surface area contributed by atoms with Crippen LogP contribution in [0, 0.1) is 11.3 Å². The zero-order chi connectivity index (χ0) is 9.90. The first-order chi connectivity index (χ1) is 6.04. The summed E-state index contributed by atoms with van der Waals surface area (Å²) in [5.41, 5.74) is 1.91. The van der Waals surface area contributed by atoms with Crippen molar-refractivity contribution in [3.8, 4) is 0 Å². The van der Waals surface area contributed by atoms with E-state index < -0.39 is 0 Å². The van der Waals surface area contributed by atoms with E-state index in [9.17, 15) is 0 Å². The van der Waals surface area contributed by atoms with Crippen molar-refractivity contribution in [2.75, 3.05) is 6.61 Å². The predicted molar refractivity (Wildman–Crippen MR) is 56.6 cm³/mol. The number of hydrogen-bond acceptors (Lipinski definition) is 1. The van der Waals surface area contributed by atoms with E-state index in [4.69, 9.17) is 5.11 Å². The van der Waals surface area contributed by atoms with Crippen molar-refractivity contribution in [1.29, 1.82) is 0 Å². The molecule has 13 heavy (non-hydrogen) atoms. The van der Waals surface area contributed by atoms with Crippen molar-refractivity contribution in [2.24, 2.45) is 11.3 Å². The molecule has 0 aromatic heterocycles. The van der Waals surface area contributed by atoms with Crippen molar-refractivity contribution < 1.29 is 5.11 Å². The van der Waals surface area contributed by atoms with Gasteiger partial charge in [0, 0.05) is 6.61 Å². The fourth-order valence-corrected chi connectivity index (χ4v) is 2.05. The van der Waals surface area contributed by atoms with Crippen LogP contribution in [0.25, 0.3) is 0 Å². The van der Waals surface area contributed by atoms with E-state index in [1.807, 2.05) is 0 Å². The number of hydrogen-bond donors (Lipinski definition) is 1. The van der Waals surface area contributed by atoms with Gasteiger partial charge in [-0.25, -0.2) is 0 Å². The molecule has 76 valence electrons. The van der Waals surface area contributed by atoms with E-state index in [1.165, 1.54) is 24.8 Å². The minimum atomic E-state index is 0.312. The van der Waals surface area contributed by atoms with Crippen LogP contribution in [-0.2, 0) is 0 Å². The lowest BCUT2D eigenvalue weighted by molar-refractivity contribution is 0.217. The second-order valence-corrected chi connectivity index (χ2v) is 5.17. The van der Waals surface area contributed by atoms with Crippen LogP contribution in [0.3, 0.4) is 0 Å². The number of allylic oxidation sites excluding steroid dienone is 1. The number of aliphatic hydroxyl groups excluding tert-OH is 1. The Morgan fingerprint density at radius 3 is 2.54 bits per heavy atom. The molecule has 0 fully saturated rings. The molecule has 0 heterocycles. The van der Waals surface area contributed by atoms with Crippen LogP contribution in [0.2, 0.25) is 0 Å². The van der Waals surface area contributed by atoms with Crippen LogP contribution in [0.5, 0.6) is 0 Å². The Labute approximate surface area is 81.9 Å². The van der Waals surface area contributed by atoms with Gasteiger partial charge in [-0.05, 0) is 37.0 Å². The Bertz CT molecular complexity index is 186. The number of aliphatic hydroxyl groups is 1. The molecule has 0 aliphatic heterocycles. The molecule has 1 nitrogen and oxygen atoms in total. The van der Waals surface area contributed by atoms with Gasteiger partial charge in [-0.1, -0.05) is 32.4 Å². The molecule has 0 amide bonds. The van der Waals surface area contributed by atoms with Crippen molar-refractivity contribution in [1.82, 2.24) is 0 Å². The third-order valence-corrected chi connectivity index (χ3v) is 3.16. The summed E-state index contributed by atoms with van der Waals surface area (Å²) in [7, 11) is 0. The van der Waals surface area contributed by atoms with Crippen LogP contribution in [0.15, 0.2) is 11.6 Å². The average molecular weight is 182 g/mol. The van der Waals surface area contributed by atoms with Gasteiger partial charge in [-0.3, -0.25) is 0 Å². The van der Waals surface area contributed by atoms with Crippen molar-refractivity contribution in [2.45, 2.75) is 46.5 Å². The monoisotopic (exact) mass is 182 g/mol. The maximum Gasteiger partial charge on any atom is 0.0468 e. The first-order valence-electron chi connectivity index (χ1n) is 5.33. The fraction of sp³-hybridized carbons (Fsp3) is 0.833. The Balaban J connectivity index is 2.46. The molecular weight excluding hydrogens is 160 g/mol. The topological polar surface area (TPSA) is 20.2 Å². The van der Waals surface area contributed by atoms with Crippen molar-refractivity contribution >= 4 is 0 Å². The fourth-order valence-electron chi connectivity index (χ4n) is 2.05. The summed E-state index contributed by atoms with van der Waals surface area (Å²) in [5.74, 6) is 0.829. The van der Waals surface area contributed by atoms with Crippen LogP contribution < -0.4 is 0 Å². The Morgan fingerprint density at radius 2 is 2.15 bits per heavy atom. The lowest BCUT2D eigenvalue weighted by Gasteiger charge is -2.33. The highest BCUT2D eigenvalue weighted by Crippen LogP contribution is 2.37. The summed E-state index contributed by atoms with van der Waals surface area (Å²) in [6, 6.07) is 0. The highest BCUT2D eigenvalue weighted by molar-refractivity contribution is 5.07. The Kier molecular flexibility index (Phi) is 3.55. The molecule has 1 N–H and O–H groups in total. The van der Waals surface area contributed by atoms with Gasteiger partial charge >= 0.3 is 0 Å². The minimum absolute atomic E-state index is 0.312. The van der Waals surface area contributed by atoms with Gasteiger partial charge in [-0.2, -0.15) is 0 Å². The van der Waals surface area contributed by atoms with E-state index in [-0.39, 0.29) is 0 Å². The molecule has 0 bridgehead atoms. The van der Waals surface area contributed by atoms with Gasteiger partial charge in [0.2, 0.25) is 0 Å². The maximum absolute atomic E-state index is 8.80. The third kappa shape index (κ3) is 3.15. The normalized spacial score (nSPS) is 24.3. The first-order valence-corrected chi connectivity index (χ1v) is 5.33. The lowest BCUT2D eigenvalue weighted by atomic mass is 9.73. The highest BCUT2D eigenvalue weighted by atomic mass is 16.2. The molecule has 0 aromatic carbocycles. The first kappa shape index (κ1) is 10.8. The maximum atomic E-state index is 8.80. The Hall–Kier alpha value is -0.300. The predicted octanol–water partition coefficient (Wildman–Crippen LogP) is 3.14. The summed E-state index contributed by atoms with van der Waals surface area (Å²) in [4.78, 5) is 0. The lowest BCUT2D eigenvalue weighted by Crippen LogP contribution is -2.22. The van der Waals surface area contributed by atoms with Crippen LogP contribution in [-0.4, -0.2) is 11.7 Å². The molecule has 0 unspecified atom stereocenters. The largest absolute Gasteiger partial charge is 0.396 e. The van der Waals surface area contributed by atoms with E-state index in [0.29, 0.717) is 12.0 Å². The van der Waals surface area contributed by atoms with Gasteiger partial charge in [-0.15, -0.1) is 0 Å². The summed E-state index contributed by atoms with van der Waals surface area (Å²) in [5, 5.41) is 8.80. The summed E-state index contributed by atoms with van der Waals surface area (Å²) in [6.45, 7) is 7.28. The average Bonchev–Trinajstić information content (AvgIpc) is 2.04. The van der Waals surface area contributed by atoms with E-state index in [2.05, 4.69) is 26.8 Å². The summed E-state index contributed by atoms with van der Waals surface area (Å²) < 4.78 is 0. The minimum Gasteiger partial charge on any atom is -0.396 e. The van der Waals surface area contributed by atoms with Gasteiger partial charge in [0.25, 0.3) is 0 Å². The van der Waals surface area contributed by atoms with Gasteiger partial charge in [0.15, 0.2) is 0 Å². The zero-order valence-corrected chi connectivity index (χ0v) is 9.14. The van der Waals surface area contributed by atoms with Crippen LogP contribution >= 0.6 is 0 Å². The second-order valence-electron chi connectivity index (χ2n) is 5.17. The molecule has 0 saturated heterocycles. The van der Waals surface area contributed by atoms with Gasteiger partial charge in [0.05, 0.1) is 0 Å². The summed E-state index contributed by atoms with van der Waals surface area (Å²) in [6.07, 6.45) is 6.93. The molecule has 1 rings (SSSR count). The highest BCUT2D eigenvalue weighted by Gasteiger charge is 2.25. The van der Waals surface area contributed by atoms with Crippen molar-refractivity contribution in [3.63, 3.8) is 0 Å². The molecular formula is C12H22O. The molecule has 0 radical (unpaired) electrons. The molecule has 0 aromatic rings. The molecule has 1 heteroatoms. The zero-order valence-electron chi connectivity index (χ0n) is 9.14. The third-order valence-electron chi connectivity index (χ3n) is 3.16. The van der Waals surface area contributed by atoms with Crippen LogP contribution in [0.4, 0.5) is 0 Å². The second kappa shape index (κ2) is 4.28. The van der Waals surface area contributed by atoms with E-state index in [1.54, 1.807) is 0 Å². The molecule has 0 saturated carbocycles. The van der Waals surface area contributed by atoms with Crippen LogP contribution in [0.1, 0.15) is 46.5 Å². The standard InChI is InChI=1S/C12H22O/c1-12(2,3)11-6-4-10(5-7-11)8-9-13/h4,11,13H,5-9H2,1-3H3/t11-/m1/s1. The van der Waals surface area contributed by atoms with Crippen molar-refractivity contribution in [3.05, 3.63) is 11.6 Å². The van der Waals surface area contributed by atoms with Gasteiger partial charge in [0.1, 0.15) is 0 Å². The SMILES string of the molecule is CC(C)(C)[C@@H]1CC=C(CCO)CC1. The molecule has 0 spiro atoms. The van der Waals surface area contributed by atoms with E-state index in [0.717, 1.165) is 12.3 Å². The Morgan fingerprint density at radius 1 is 1.46 bits per heavy atom. The molecule has 1 aliphatic rings. The van der Waals surface area contributed by atoms with E-state index >= 15 is 0 Å².